The molecule has 0 bridgehead atoms. The highest BCUT2D eigenvalue weighted by Crippen LogP contribution is 2.23. The van der Waals surface area contributed by atoms with Crippen LogP contribution in [0.25, 0.3) is 0 Å². The Hall–Kier alpha value is -1.82. The fraction of sp³-hybridized carbons (Fsp3) is 0.500. The smallest absolute Gasteiger partial charge is 0.0573 e. The Morgan fingerprint density at radius 1 is 0.760 bits per heavy atom. The van der Waals surface area contributed by atoms with Crippen LogP contribution in [0, 0.1) is 0 Å². The first-order valence-electron chi connectivity index (χ1n) is 8.93. The molecule has 0 aliphatic carbocycles. The van der Waals surface area contributed by atoms with E-state index in [-0.39, 0.29) is 12.1 Å². The Bertz CT molecular complexity index is 532. The van der Waals surface area contributed by atoms with Crippen LogP contribution in [-0.4, -0.2) is 61.0 Å². The molecule has 136 valence electrons. The molecule has 0 aliphatic heterocycles. The number of pyridine rings is 2. The topological polar surface area (TPSA) is 44.3 Å². The van der Waals surface area contributed by atoms with Crippen molar-refractivity contribution in [1.82, 2.24) is 25.1 Å². The Labute approximate surface area is 152 Å². The molecule has 5 heteroatoms. The van der Waals surface area contributed by atoms with Gasteiger partial charge in [0.05, 0.1) is 23.5 Å². The van der Waals surface area contributed by atoms with Gasteiger partial charge in [-0.15, -0.1) is 0 Å². The number of aromatic nitrogens is 2. The largest absolute Gasteiger partial charge is 0.309 e. The third-order valence-corrected chi connectivity index (χ3v) is 4.22. The number of rotatable bonds is 10. The van der Waals surface area contributed by atoms with Crippen LogP contribution in [0.15, 0.2) is 48.8 Å². The van der Waals surface area contributed by atoms with Crippen LogP contribution < -0.4 is 5.32 Å². The minimum Gasteiger partial charge on any atom is -0.309 e. The van der Waals surface area contributed by atoms with Gasteiger partial charge in [-0.3, -0.25) is 9.97 Å². The zero-order chi connectivity index (χ0) is 18.1. The molecule has 2 aromatic heterocycles. The lowest BCUT2D eigenvalue weighted by atomic mass is 10.0. The van der Waals surface area contributed by atoms with E-state index >= 15 is 0 Å². The van der Waals surface area contributed by atoms with E-state index in [2.05, 4.69) is 77.5 Å². The van der Waals surface area contributed by atoms with E-state index < -0.39 is 0 Å². The zero-order valence-electron chi connectivity index (χ0n) is 15.9. The summed E-state index contributed by atoms with van der Waals surface area (Å²) >= 11 is 0. The van der Waals surface area contributed by atoms with Gasteiger partial charge in [0.1, 0.15) is 0 Å². The maximum Gasteiger partial charge on any atom is 0.0573 e. The molecule has 1 N–H and O–H groups in total. The van der Waals surface area contributed by atoms with Crippen molar-refractivity contribution in [2.24, 2.45) is 0 Å². The fourth-order valence-corrected chi connectivity index (χ4v) is 2.81. The highest BCUT2D eigenvalue weighted by atomic mass is 15.1. The van der Waals surface area contributed by atoms with Crippen molar-refractivity contribution >= 4 is 0 Å². The Balaban J connectivity index is 2.17. The Morgan fingerprint density at radius 2 is 1.20 bits per heavy atom. The summed E-state index contributed by atoms with van der Waals surface area (Å²) in [7, 11) is 8.44. The van der Waals surface area contributed by atoms with Crippen molar-refractivity contribution in [3.63, 3.8) is 0 Å². The molecule has 0 spiro atoms. The summed E-state index contributed by atoms with van der Waals surface area (Å²) in [6.45, 7) is 2.02. The highest BCUT2D eigenvalue weighted by Gasteiger charge is 2.20. The van der Waals surface area contributed by atoms with Gasteiger partial charge in [0, 0.05) is 12.4 Å². The molecule has 0 aliphatic rings. The van der Waals surface area contributed by atoms with Crippen molar-refractivity contribution < 1.29 is 0 Å². The van der Waals surface area contributed by atoms with Crippen LogP contribution >= 0.6 is 0 Å². The molecule has 25 heavy (non-hydrogen) atoms. The molecule has 0 aromatic carbocycles. The van der Waals surface area contributed by atoms with Crippen molar-refractivity contribution in [2.75, 3.05) is 41.3 Å². The monoisotopic (exact) mass is 341 g/mol. The second-order valence-electron chi connectivity index (χ2n) is 6.96. The summed E-state index contributed by atoms with van der Waals surface area (Å²) in [6, 6.07) is 12.7. The average molecular weight is 342 g/mol. The van der Waals surface area contributed by atoms with Gasteiger partial charge in [-0.2, -0.15) is 0 Å². The van der Waals surface area contributed by atoms with Crippen molar-refractivity contribution in [2.45, 2.75) is 24.9 Å². The molecule has 0 fully saturated rings. The Kier molecular flexibility index (Phi) is 7.98. The first-order chi connectivity index (χ1) is 12.1. The number of nitrogens with zero attached hydrogens (tertiary/aromatic N) is 4. The second kappa shape index (κ2) is 10.2. The summed E-state index contributed by atoms with van der Waals surface area (Å²) in [4.78, 5) is 13.6. The van der Waals surface area contributed by atoms with Gasteiger partial charge < -0.3 is 15.1 Å². The van der Waals surface area contributed by atoms with Gasteiger partial charge in [0.25, 0.3) is 0 Å². The van der Waals surface area contributed by atoms with Crippen LogP contribution in [0.1, 0.15) is 36.3 Å². The third-order valence-electron chi connectivity index (χ3n) is 4.22. The summed E-state index contributed by atoms with van der Waals surface area (Å²) in [6.07, 6.45) is 5.76. The van der Waals surface area contributed by atoms with Crippen LogP contribution in [0.3, 0.4) is 0 Å². The SMILES string of the molecule is CN(C)CCC(NC(CCN(C)C)c1ccccn1)c1ccccn1. The lowest BCUT2D eigenvalue weighted by Gasteiger charge is -2.27. The fourth-order valence-electron chi connectivity index (χ4n) is 2.81. The van der Waals surface area contributed by atoms with Crippen LogP contribution in [0.4, 0.5) is 0 Å². The van der Waals surface area contributed by atoms with Gasteiger partial charge in [-0.25, -0.2) is 0 Å². The van der Waals surface area contributed by atoms with Gasteiger partial charge in [-0.05, 0) is 78.4 Å². The van der Waals surface area contributed by atoms with Gasteiger partial charge in [0.2, 0.25) is 0 Å². The molecule has 0 saturated carbocycles. The van der Waals surface area contributed by atoms with Crippen molar-refractivity contribution in [3.05, 3.63) is 60.2 Å². The van der Waals surface area contributed by atoms with Crippen LogP contribution in [0.2, 0.25) is 0 Å². The molecule has 2 aromatic rings. The van der Waals surface area contributed by atoms with E-state index in [1.165, 1.54) is 0 Å². The Morgan fingerprint density at radius 3 is 1.52 bits per heavy atom. The van der Waals surface area contributed by atoms with Crippen LogP contribution in [0.5, 0.6) is 0 Å². The lowest BCUT2D eigenvalue weighted by molar-refractivity contribution is 0.309. The van der Waals surface area contributed by atoms with E-state index in [0.29, 0.717) is 0 Å². The molecule has 0 radical (unpaired) electrons. The summed E-state index contributed by atoms with van der Waals surface area (Å²) in [5.41, 5.74) is 2.19. The number of hydrogen-bond donors (Lipinski definition) is 1. The molecule has 2 rings (SSSR count). The quantitative estimate of drug-likeness (QED) is 0.720. The maximum atomic E-state index is 4.59. The summed E-state index contributed by atoms with van der Waals surface area (Å²) in [5, 5.41) is 3.82. The number of nitrogens with one attached hydrogen (secondary N) is 1. The summed E-state index contributed by atoms with van der Waals surface area (Å²) in [5.74, 6) is 0. The van der Waals surface area contributed by atoms with Gasteiger partial charge >= 0.3 is 0 Å². The standard InChI is InChI=1S/C20H31N5/c1-24(2)15-11-19(17-9-5-7-13-21-17)23-20(12-16-25(3)4)18-10-6-8-14-22-18/h5-10,13-14,19-20,23H,11-12,15-16H2,1-4H3. The maximum absolute atomic E-state index is 4.59. The van der Waals surface area contributed by atoms with Gasteiger partial charge in [0.15, 0.2) is 0 Å². The predicted octanol–water partition coefficient (Wildman–Crippen LogP) is 2.75. The van der Waals surface area contributed by atoms with E-state index in [1.54, 1.807) is 0 Å². The molecule has 5 nitrogen and oxygen atoms in total. The predicted molar refractivity (Wildman–Crippen MR) is 103 cm³/mol. The first kappa shape index (κ1) is 19.5. The molecule has 2 unspecified atom stereocenters. The van der Waals surface area contributed by atoms with Gasteiger partial charge in [-0.1, -0.05) is 12.1 Å². The minimum absolute atomic E-state index is 0.206. The van der Waals surface area contributed by atoms with E-state index in [4.69, 9.17) is 0 Å². The van der Waals surface area contributed by atoms with E-state index in [0.717, 1.165) is 37.3 Å². The van der Waals surface area contributed by atoms with E-state index in [9.17, 15) is 0 Å². The molecular formula is C20H31N5. The lowest BCUT2D eigenvalue weighted by Crippen LogP contribution is -2.32. The normalized spacial score (nSPS) is 14.0. The molecule has 2 atom stereocenters. The molecular weight excluding hydrogens is 310 g/mol. The average Bonchev–Trinajstić information content (AvgIpc) is 2.62. The van der Waals surface area contributed by atoms with Crippen LogP contribution in [-0.2, 0) is 0 Å². The summed E-state index contributed by atoms with van der Waals surface area (Å²) < 4.78 is 0. The van der Waals surface area contributed by atoms with Crippen molar-refractivity contribution in [1.29, 1.82) is 0 Å². The van der Waals surface area contributed by atoms with Crippen molar-refractivity contribution in [3.8, 4) is 0 Å². The van der Waals surface area contributed by atoms with E-state index in [1.807, 2.05) is 24.5 Å². The first-order valence-corrected chi connectivity index (χ1v) is 8.93. The number of hydrogen-bond acceptors (Lipinski definition) is 5. The third kappa shape index (κ3) is 6.90. The zero-order valence-corrected chi connectivity index (χ0v) is 15.9. The molecule has 0 saturated heterocycles. The molecule has 2 heterocycles. The minimum atomic E-state index is 0.206. The molecule has 0 amide bonds. The second-order valence-corrected chi connectivity index (χ2v) is 6.96. The highest BCUT2D eigenvalue weighted by molar-refractivity contribution is 5.13.